The van der Waals surface area contributed by atoms with E-state index in [1.165, 1.54) is 32.4 Å². The van der Waals surface area contributed by atoms with E-state index < -0.39 is 0 Å². The number of benzene rings is 2. The van der Waals surface area contributed by atoms with Gasteiger partial charge in [-0.15, -0.1) is 0 Å². The second-order valence-corrected chi connectivity index (χ2v) is 4.28. The number of hydrogen-bond acceptors (Lipinski definition) is 6. The number of ether oxygens (including phenoxy) is 3. The number of carbonyl (C=O) groups excluding carboxylic acids is 2. The summed E-state index contributed by atoms with van der Waals surface area (Å²) in [5, 5.41) is 9.09. The summed E-state index contributed by atoms with van der Waals surface area (Å²) in [6.07, 6.45) is 1.46. The summed E-state index contributed by atoms with van der Waals surface area (Å²) in [4.78, 5) is 20.6. The van der Waals surface area contributed by atoms with Crippen LogP contribution >= 0.6 is 0 Å². The van der Waals surface area contributed by atoms with E-state index in [2.05, 4.69) is 0 Å². The highest BCUT2D eigenvalue weighted by molar-refractivity contribution is 5.76. The number of aromatic hydroxyl groups is 1. The van der Waals surface area contributed by atoms with Gasteiger partial charge in [0.15, 0.2) is 23.0 Å². The molecule has 1 N–H and O–H groups in total. The third-order valence-electron chi connectivity index (χ3n) is 2.88. The van der Waals surface area contributed by atoms with E-state index in [1.807, 2.05) is 0 Å². The highest BCUT2D eigenvalue weighted by Gasteiger charge is 2.02. The Morgan fingerprint density at radius 3 is 1.70 bits per heavy atom. The second kappa shape index (κ2) is 9.09. The lowest BCUT2D eigenvalue weighted by molar-refractivity contribution is 0.111. The highest BCUT2D eigenvalue weighted by atomic mass is 16.5. The Morgan fingerprint density at radius 2 is 1.22 bits per heavy atom. The Labute approximate surface area is 134 Å². The van der Waals surface area contributed by atoms with Crippen LogP contribution in [-0.2, 0) is 0 Å². The fraction of sp³-hybridized carbons (Fsp3) is 0.176. The second-order valence-electron chi connectivity index (χ2n) is 4.28. The van der Waals surface area contributed by atoms with Gasteiger partial charge in [-0.2, -0.15) is 0 Å². The number of phenolic OH excluding ortho intramolecular Hbond substituents is 1. The smallest absolute Gasteiger partial charge is 0.161 e. The lowest BCUT2D eigenvalue weighted by atomic mass is 10.2. The Balaban J connectivity index is 0.000000231. The van der Waals surface area contributed by atoms with E-state index in [1.54, 1.807) is 25.3 Å². The largest absolute Gasteiger partial charge is 0.504 e. The van der Waals surface area contributed by atoms with Gasteiger partial charge in [-0.05, 0) is 36.4 Å². The number of rotatable bonds is 5. The Morgan fingerprint density at radius 1 is 0.739 bits per heavy atom. The molecule has 23 heavy (non-hydrogen) atoms. The van der Waals surface area contributed by atoms with Crippen LogP contribution in [0.1, 0.15) is 20.7 Å². The number of carbonyl (C=O) groups is 2. The molecule has 0 fully saturated rings. The lowest BCUT2D eigenvalue weighted by Crippen LogP contribution is -1.91. The Hall–Kier alpha value is -3.02. The number of phenols is 1. The molecule has 0 saturated heterocycles. The van der Waals surface area contributed by atoms with Crippen molar-refractivity contribution >= 4 is 12.6 Å². The van der Waals surface area contributed by atoms with Crippen molar-refractivity contribution in [3.8, 4) is 23.0 Å². The van der Waals surface area contributed by atoms with Crippen LogP contribution in [0, 0.1) is 0 Å². The molecule has 0 aliphatic heterocycles. The molecule has 0 aliphatic rings. The molecule has 122 valence electrons. The van der Waals surface area contributed by atoms with Crippen molar-refractivity contribution in [2.75, 3.05) is 21.3 Å². The van der Waals surface area contributed by atoms with Gasteiger partial charge in [0.05, 0.1) is 21.3 Å². The summed E-state index contributed by atoms with van der Waals surface area (Å²) in [5.41, 5.74) is 1.06. The van der Waals surface area contributed by atoms with Crippen LogP contribution in [0.3, 0.4) is 0 Å². The first-order chi connectivity index (χ1) is 11.1. The topological polar surface area (TPSA) is 82.1 Å². The molecule has 2 aromatic carbocycles. The van der Waals surface area contributed by atoms with Gasteiger partial charge in [-0.3, -0.25) is 9.59 Å². The van der Waals surface area contributed by atoms with Gasteiger partial charge in [0.2, 0.25) is 0 Å². The maximum atomic E-state index is 10.4. The van der Waals surface area contributed by atoms with Gasteiger partial charge in [0.25, 0.3) is 0 Å². The summed E-state index contributed by atoms with van der Waals surface area (Å²) >= 11 is 0. The van der Waals surface area contributed by atoms with Crippen molar-refractivity contribution in [1.82, 2.24) is 0 Å². The van der Waals surface area contributed by atoms with Crippen molar-refractivity contribution in [1.29, 1.82) is 0 Å². The van der Waals surface area contributed by atoms with Crippen LogP contribution in [0.5, 0.6) is 23.0 Å². The van der Waals surface area contributed by atoms with E-state index in [9.17, 15) is 9.59 Å². The SMILES string of the molecule is COc1cc(C=O)ccc1O.COc1ccc(C=O)cc1OC. The van der Waals surface area contributed by atoms with Crippen LogP contribution in [-0.4, -0.2) is 39.0 Å². The third kappa shape index (κ3) is 5.03. The molecule has 0 heterocycles. The molecule has 6 heteroatoms. The van der Waals surface area contributed by atoms with Crippen molar-refractivity contribution < 1.29 is 28.9 Å². The minimum atomic E-state index is 0.0399. The predicted molar refractivity (Wildman–Crippen MR) is 85.0 cm³/mol. The first-order valence-electron chi connectivity index (χ1n) is 6.59. The molecule has 6 nitrogen and oxygen atoms in total. The van der Waals surface area contributed by atoms with Gasteiger partial charge in [0, 0.05) is 11.1 Å². The van der Waals surface area contributed by atoms with E-state index in [0.29, 0.717) is 34.7 Å². The molecule has 0 bridgehead atoms. The summed E-state index contributed by atoms with van der Waals surface area (Å²) in [6.45, 7) is 0. The summed E-state index contributed by atoms with van der Waals surface area (Å²) in [5.74, 6) is 1.55. The number of aldehydes is 2. The van der Waals surface area contributed by atoms with Crippen LogP contribution in [0.2, 0.25) is 0 Å². The standard InChI is InChI=1S/C9H10O3.C8H8O3/c1-11-8-4-3-7(6-10)5-9(8)12-2;1-11-8-4-6(5-9)2-3-7(8)10/h3-6H,1-2H3;2-5,10H,1H3. The van der Waals surface area contributed by atoms with Gasteiger partial charge >= 0.3 is 0 Å². The Bertz CT molecular complexity index is 666. The van der Waals surface area contributed by atoms with Crippen LogP contribution in [0.25, 0.3) is 0 Å². The summed E-state index contributed by atoms with van der Waals surface area (Å²) < 4.78 is 14.8. The zero-order chi connectivity index (χ0) is 17.2. The van der Waals surface area contributed by atoms with Crippen LogP contribution in [0.4, 0.5) is 0 Å². The molecule has 0 saturated carbocycles. The third-order valence-corrected chi connectivity index (χ3v) is 2.88. The summed E-state index contributed by atoms with van der Waals surface area (Å²) in [6, 6.07) is 9.42. The maximum absolute atomic E-state index is 10.4. The molecule has 0 spiro atoms. The minimum Gasteiger partial charge on any atom is -0.504 e. The first kappa shape index (κ1) is 18.0. The maximum Gasteiger partial charge on any atom is 0.161 e. The average molecular weight is 318 g/mol. The number of hydrogen-bond donors (Lipinski definition) is 1. The zero-order valence-electron chi connectivity index (χ0n) is 13.1. The molecule has 2 rings (SSSR count). The van der Waals surface area contributed by atoms with Crippen LogP contribution < -0.4 is 14.2 Å². The van der Waals surface area contributed by atoms with E-state index in [-0.39, 0.29) is 5.75 Å². The predicted octanol–water partition coefficient (Wildman–Crippen LogP) is 2.73. The zero-order valence-corrected chi connectivity index (χ0v) is 13.1. The Kier molecular flexibility index (Phi) is 7.13. The molecule has 0 aromatic heterocycles. The fourth-order valence-electron chi connectivity index (χ4n) is 1.69. The molecule has 0 radical (unpaired) electrons. The van der Waals surface area contributed by atoms with Crippen LogP contribution in [0.15, 0.2) is 36.4 Å². The molecule has 0 unspecified atom stereocenters. The molecular weight excluding hydrogens is 300 g/mol. The van der Waals surface area contributed by atoms with Crippen molar-refractivity contribution in [3.63, 3.8) is 0 Å². The summed E-state index contributed by atoms with van der Waals surface area (Å²) in [7, 11) is 4.52. The van der Waals surface area contributed by atoms with Gasteiger partial charge in [-0.1, -0.05) is 0 Å². The number of methoxy groups -OCH3 is 3. The van der Waals surface area contributed by atoms with Gasteiger partial charge in [0.1, 0.15) is 12.6 Å². The van der Waals surface area contributed by atoms with Crippen molar-refractivity contribution in [2.45, 2.75) is 0 Å². The fourth-order valence-corrected chi connectivity index (χ4v) is 1.69. The molecule has 0 aliphatic carbocycles. The van der Waals surface area contributed by atoms with E-state index in [0.717, 1.165) is 6.29 Å². The molecule has 0 atom stereocenters. The van der Waals surface area contributed by atoms with Gasteiger partial charge < -0.3 is 19.3 Å². The molecule has 2 aromatic rings. The van der Waals surface area contributed by atoms with Crippen molar-refractivity contribution in [3.05, 3.63) is 47.5 Å². The monoisotopic (exact) mass is 318 g/mol. The van der Waals surface area contributed by atoms with Crippen molar-refractivity contribution in [2.24, 2.45) is 0 Å². The molecular formula is C17H18O6. The normalized spacial score (nSPS) is 9.17. The quantitative estimate of drug-likeness (QED) is 0.854. The van der Waals surface area contributed by atoms with Gasteiger partial charge in [-0.25, -0.2) is 0 Å². The lowest BCUT2D eigenvalue weighted by Gasteiger charge is -2.06. The van der Waals surface area contributed by atoms with E-state index in [4.69, 9.17) is 19.3 Å². The van der Waals surface area contributed by atoms with E-state index >= 15 is 0 Å². The highest BCUT2D eigenvalue weighted by Crippen LogP contribution is 2.26. The first-order valence-corrected chi connectivity index (χ1v) is 6.59. The molecule has 0 amide bonds. The average Bonchev–Trinajstić information content (AvgIpc) is 2.62. The minimum absolute atomic E-state index is 0.0399.